The molecular weight excluding hydrogens is 434 g/mol. The summed E-state index contributed by atoms with van der Waals surface area (Å²) in [6.45, 7) is 0.661. The minimum Gasteiger partial charge on any atom is -0.497 e. The molecular formula is C25H21N5O2S. The second-order valence-electron chi connectivity index (χ2n) is 7.32. The molecule has 0 aliphatic rings. The van der Waals surface area contributed by atoms with E-state index in [-0.39, 0.29) is 0 Å². The van der Waals surface area contributed by atoms with Crippen LogP contribution < -0.4 is 4.74 Å². The molecule has 0 aliphatic heterocycles. The Labute approximate surface area is 195 Å². The van der Waals surface area contributed by atoms with E-state index in [0.717, 1.165) is 39.3 Å². The molecule has 0 bridgehead atoms. The van der Waals surface area contributed by atoms with E-state index in [1.165, 1.54) is 5.56 Å². The first-order chi connectivity index (χ1) is 16.3. The maximum Gasteiger partial charge on any atom is 0.192 e. The summed E-state index contributed by atoms with van der Waals surface area (Å²) in [5.41, 5.74) is 3.86. The fourth-order valence-electron chi connectivity index (χ4n) is 3.43. The van der Waals surface area contributed by atoms with Crippen molar-refractivity contribution >= 4 is 11.8 Å². The van der Waals surface area contributed by atoms with Gasteiger partial charge in [0.1, 0.15) is 17.2 Å². The fraction of sp³-hybridized carbons (Fsp3) is 0.120. The van der Waals surface area contributed by atoms with Gasteiger partial charge in [-0.2, -0.15) is 0 Å². The Morgan fingerprint density at radius 3 is 2.55 bits per heavy atom. The molecule has 2 aromatic carbocycles. The third-order valence-corrected chi connectivity index (χ3v) is 6.10. The Hall–Kier alpha value is -3.91. The van der Waals surface area contributed by atoms with Crippen molar-refractivity contribution in [3.63, 3.8) is 0 Å². The van der Waals surface area contributed by atoms with Crippen molar-refractivity contribution < 1.29 is 9.26 Å². The van der Waals surface area contributed by atoms with Crippen molar-refractivity contribution in [2.45, 2.75) is 17.5 Å². The molecule has 0 N–H and O–H groups in total. The van der Waals surface area contributed by atoms with Crippen molar-refractivity contribution in [1.29, 1.82) is 0 Å². The predicted molar refractivity (Wildman–Crippen MR) is 127 cm³/mol. The van der Waals surface area contributed by atoms with Gasteiger partial charge >= 0.3 is 0 Å². The molecule has 164 valence electrons. The highest BCUT2D eigenvalue weighted by molar-refractivity contribution is 7.98. The lowest BCUT2D eigenvalue weighted by Crippen LogP contribution is -2.04. The van der Waals surface area contributed by atoms with Gasteiger partial charge in [0, 0.05) is 29.6 Å². The van der Waals surface area contributed by atoms with Gasteiger partial charge in [0.15, 0.2) is 11.0 Å². The van der Waals surface area contributed by atoms with Crippen LogP contribution in [-0.2, 0) is 12.3 Å². The summed E-state index contributed by atoms with van der Waals surface area (Å²) >= 11 is 1.56. The summed E-state index contributed by atoms with van der Waals surface area (Å²) in [5, 5.41) is 13.9. The van der Waals surface area contributed by atoms with Gasteiger partial charge in [0.25, 0.3) is 0 Å². The lowest BCUT2D eigenvalue weighted by Gasteiger charge is -2.10. The average Bonchev–Trinajstić information content (AvgIpc) is 3.51. The number of thioether (sulfide) groups is 1. The highest BCUT2D eigenvalue weighted by Gasteiger charge is 2.16. The van der Waals surface area contributed by atoms with Crippen LogP contribution in [0, 0.1) is 0 Å². The fourth-order valence-corrected chi connectivity index (χ4v) is 4.24. The zero-order valence-corrected chi connectivity index (χ0v) is 18.8. The van der Waals surface area contributed by atoms with E-state index in [4.69, 9.17) is 9.26 Å². The van der Waals surface area contributed by atoms with E-state index in [1.54, 1.807) is 31.3 Å². The lowest BCUT2D eigenvalue weighted by molar-refractivity contribution is 0.397. The third-order valence-electron chi connectivity index (χ3n) is 5.11. The molecule has 0 saturated heterocycles. The zero-order chi connectivity index (χ0) is 22.5. The summed E-state index contributed by atoms with van der Waals surface area (Å²) in [6.07, 6.45) is 3.55. The molecule has 0 aliphatic carbocycles. The maximum absolute atomic E-state index is 5.58. The molecule has 0 radical (unpaired) electrons. The Morgan fingerprint density at radius 1 is 0.939 bits per heavy atom. The average molecular weight is 456 g/mol. The molecule has 0 spiro atoms. The molecule has 33 heavy (non-hydrogen) atoms. The van der Waals surface area contributed by atoms with Gasteiger partial charge in [-0.05, 0) is 42.0 Å². The Bertz CT molecular complexity index is 1320. The summed E-state index contributed by atoms with van der Waals surface area (Å²) in [6, 6.07) is 23.9. The third kappa shape index (κ3) is 4.80. The molecule has 0 fully saturated rings. The van der Waals surface area contributed by atoms with Gasteiger partial charge in [-0.15, -0.1) is 10.2 Å². The van der Waals surface area contributed by atoms with Crippen LogP contribution in [0.5, 0.6) is 5.75 Å². The van der Waals surface area contributed by atoms with Crippen LogP contribution in [0.4, 0.5) is 0 Å². The van der Waals surface area contributed by atoms with E-state index >= 15 is 0 Å². The summed E-state index contributed by atoms with van der Waals surface area (Å²) in [5.74, 6) is 2.94. The zero-order valence-electron chi connectivity index (χ0n) is 18.0. The van der Waals surface area contributed by atoms with Gasteiger partial charge in [-0.3, -0.25) is 9.55 Å². The largest absolute Gasteiger partial charge is 0.497 e. The summed E-state index contributed by atoms with van der Waals surface area (Å²) in [4.78, 5) is 4.24. The first-order valence-electron chi connectivity index (χ1n) is 10.4. The smallest absolute Gasteiger partial charge is 0.192 e. The van der Waals surface area contributed by atoms with Crippen molar-refractivity contribution in [3.05, 3.63) is 96.5 Å². The van der Waals surface area contributed by atoms with E-state index in [2.05, 4.69) is 37.0 Å². The van der Waals surface area contributed by atoms with Gasteiger partial charge in [0.2, 0.25) is 0 Å². The van der Waals surface area contributed by atoms with E-state index < -0.39 is 0 Å². The molecule has 7 nitrogen and oxygen atoms in total. The van der Waals surface area contributed by atoms with Gasteiger partial charge < -0.3 is 9.26 Å². The topological polar surface area (TPSA) is 78.9 Å². The first kappa shape index (κ1) is 21.0. The van der Waals surface area contributed by atoms with Crippen LogP contribution in [0.3, 0.4) is 0 Å². The molecule has 3 heterocycles. The van der Waals surface area contributed by atoms with Crippen LogP contribution in [0.25, 0.3) is 22.6 Å². The van der Waals surface area contributed by atoms with Crippen LogP contribution in [0.1, 0.15) is 11.3 Å². The number of rotatable bonds is 8. The van der Waals surface area contributed by atoms with Crippen LogP contribution in [0.2, 0.25) is 0 Å². The van der Waals surface area contributed by atoms with Gasteiger partial charge in [-0.25, -0.2) is 0 Å². The van der Waals surface area contributed by atoms with Crippen molar-refractivity contribution in [2.24, 2.45) is 0 Å². The molecule has 0 saturated carbocycles. The van der Waals surface area contributed by atoms with E-state index in [1.807, 2.05) is 60.7 Å². The number of nitrogens with zero attached hydrogens (tertiary/aromatic N) is 5. The standard InChI is InChI=1S/C25H21N5O2S/c1-31-21-11-9-19(10-12-21)23-14-22(32-29-23)17-33-25-28-27-24(20-8-5-13-26-15-20)30(25)16-18-6-3-2-4-7-18/h2-15H,16-17H2,1H3. The van der Waals surface area contributed by atoms with Crippen LogP contribution >= 0.6 is 11.8 Å². The highest BCUT2D eigenvalue weighted by atomic mass is 32.2. The minimum atomic E-state index is 0.586. The maximum atomic E-state index is 5.58. The molecule has 5 aromatic rings. The normalized spacial score (nSPS) is 10.9. The van der Waals surface area contributed by atoms with Crippen LogP contribution in [-0.4, -0.2) is 32.0 Å². The molecule has 0 unspecified atom stereocenters. The second-order valence-corrected chi connectivity index (χ2v) is 8.26. The molecule has 0 amide bonds. The Balaban J connectivity index is 1.37. The predicted octanol–water partition coefficient (Wildman–Crippen LogP) is 5.34. The SMILES string of the molecule is COc1ccc(-c2cc(CSc3nnc(-c4cccnc4)n3Cc3ccccc3)on2)cc1. The van der Waals surface area contributed by atoms with Gasteiger partial charge in [0.05, 0.1) is 19.4 Å². The Morgan fingerprint density at radius 2 is 1.79 bits per heavy atom. The Kier molecular flexibility index (Phi) is 6.16. The molecule has 5 rings (SSSR count). The number of aromatic nitrogens is 5. The number of methoxy groups -OCH3 is 1. The lowest BCUT2D eigenvalue weighted by atomic mass is 10.1. The van der Waals surface area contributed by atoms with Gasteiger partial charge in [-0.1, -0.05) is 47.3 Å². The molecule has 0 atom stereocenters. The number of hydrogen-bond donors (Lipinski definition) is 0. The van der Waals surface area contributed by atoms with E-state index in [0.29, 0.717) is 12.3 Å². The number of benzene rings is 2. The number of pyridine rings is 1. The van der Waals surface area contributed by atoms with Crippen molar-refractivity contribution in [3.8, 4) is 28.4 Å². The number of ether oxygens (including phenoxy) is 1. The monoisotopic (exact) mass is 455 g/mol. The molecule has 8 heteroatoms. The van der Waals surface area contributed by atoms with E-state index in [9.17, 15) is 0 Å². The van der Waals surface area contributed by atoms with Crippen molar-refractivity contribution in [2.75, 3.05) is 7.11 Å². The van der Waals surface area contributed by atoms with Crippen molar-refractivity contribution in [1.82, 2.24) is 24.9 Å². The van der Waals surface area contributed by atoms with Crippen LogP contribution in [0.15, 0.2) is 94.9 Å². The second kappa shape index (κ2) is 9.70. The quantitative estimate of drug-likeness (QED) is 0.292. The molecule has 3 aromatic heterocycles. The minimum absolute atomic E-state index is 0.586. The highest BCUT2D eigenvalue weighted by Crippen LogP contribution is 2.29. The number of hydrogen-bond acceptors (Lipinski definition) is 7. The summed E-state index contributed by atoms with van der Waals surface area (Å²) in [7, 11) is 1.65. The first-order valence-corrected chi connectivity index (χ1v) is 11.4. The summed E-state index contributed by atoms with van der Waals surface area (Å²) < 4.78 is 12.9.